The number of hydrogen-bond donors (Lipinski definition) is 0. The second-order valence-electron chi connectivity index (χ2n) is 16.7. The second kappa shape index (κ2) is 14.4. The SMILES string of the molecule is C=C/C(c1cc(-c2cccc3ccccc23)nc(-n2c3ccccc3c3cc(-c4ccc5c(c4)c4ccccc4n5-c4cccc5c4oc4ccccc45)ccc32)n1)=c1/ccccc1=C. The highest BCUT2D eigenvalue weighted by atomic mass is 16.3. The van der Waals surface area contributed by atoms with Crippen molar-refractivity contribution in [2.45, 2.75) is 0 Å². The predicted octanol–water partition coefficient (Wildman–Crippen LogP) is 13.9. The van der Waals surface area contributed by atoms with Crippen molar-refractivity contribution in [1.82, 2.24) is 19.1 Å². The number of aromatic nitrogens is 4. The van der Waals surface area contributed by atoms with Crippen molar-refractivity contribution in [2.75, 3.05) is 0 Å². The summed E-state index contributed by atoms with van der Waals surface area (Å²) >= 11 is 0. The summed E-state index contributed by atoms with van der Waals surface area (Å²) in [6.45, 7) is 8.64. The molecule has 0 N–H and O–H groups in total. The number of benzene rings is 9. The van der Waals surface area contributed by atoms with Crippen LogP contribution in [0.5, 0.6) is 0 Å². The molecule has 0 saturated carbocycles. The molecule has 0 radical (unpaired) electrons. The summed E-state index contributed by atoms with van der Waals surface area (Å²) in [5.74, 6) is 0.582. The van der Waals surface area contributed by atoms with Crippen molar-refractivity contribution in [3.05, 3.63) is 229 Å². The van der Waals surface area contributed by atoms with Crippen LogP contribution < -0.4 is 10.4 Å². The van der Waals surface area contributed by atoms with Gasteiger partial charge in [-0.1, -0.05) is 165 Å². The molecule has 5 nitrogen and oxygen atoms in total. The normalized spacial score (nSPS) is 12.4. The Bertz CT molecular complexity index is 4240. The topological polar surface area (TPSA) is 48.8 Å². The van der Waals surface area contributed by atoms with Crippen LogP contribution in [0.4, 0.5) is 0 Å². The molecule has 0 spiro atoms. The van der Waals surface area contributed by atoms with Gasteiger partial charge in [-0.2, -0.15) is 0 Å². The molecule has 5 heteroatoms. The first kappa shape index (κ1) is 36.8. The summed E-state index contributed by atoms with van der Waals surface area (Å²) in [7, 11) is 0. The Morgan fingerprint density at radius 3 is 1.82 bits per heavy atom. The molecule has 4 aromatic heterocycles. The first-order valence-electron chi connectivity index (χ1n) is 21.9. The number of para-hydroxylation sites is 4. The van der Waals surface area contributed by atoms with Gasteiger partial charge in [-0.25, -0.2) is 9.97 Å². The van der Waals surface area contributed by atoms with E-state index in [9.17, 15) is 0 Å². The van der Waals surface area contributed by atoms with E-state index in [1.54, 1.807) is 0 Å². The molecule has 13 aromatic rings. The second-order valence-corrected chi connectivity index (χ2v) is 16.7. The number of hydrogen-bond acceptors (Lipinski definition) is 3. The van der Waals surface area contributed by atoms with E-state index < -0.39 is 0 Å². The smallest absolute Gasteiger partial charge is 0.235 e. The first-order valence-corrected chi connectivity index (χ1v) is 21.9. The minimum absolute atomic E-state index is 0.582. The molecule has 0 unspecified atom stereocenters. The van der Waals surface area contributed by atoms with Crippen LogP contribution in [0.25, 0.3) is 122 Å². The Kier molecular flexibility index (Phi) is 8.14. The molecule has 65 heavy (non-hydrogen) atoms. The molecule has 0 saturated heterocycles. The summed E-state index contributed by atoms with van der Waals surface area (Å²) in [5.41, 5.74) is 12.9. The molecule has 13 rings (SSSR count). The molecule has 304 valence electrons. The third-order valence-electron chi connectivity index (χ3n) is 13.1. The van der Waals surface area contributed by atoms with E-state index in [1.807, 2.05) is 36.4 Å². The lowest BCUT2D eigenvalue weighted by Gasteiger charge is -2.14. The Hall–Kier alpha value is -8.80. The molecule has 0 fully saturated rings. The van der Waals surface area contributed by atoms with Crippen LogP contribution in [-0.2, 0) is 0 Å². The van der Waals surface area contributed by atoms with Gasteiger partial charge in [0.15, 0.2) is 5.58 Å². The highest BCUT2D eigenvalue weighted by Crippen LogP contribution is 2.41. The van der Waals surface area contributed by atoms with Gasteiger partial charge in [-0.05, 0) is 86.9 Å². The maximum absolute atomic E-state index is 6.56. The lowest BCUT2D eigenvalue weighted by atomic mass is 10.00. The fourth-order valence-corrected chi connectivity index (χ4v) is 10.1. The van der Waals surface area contributed by atoms with Gasteiger partial charge in [0, 0.05) is 43.5 Å². The zero-order valence-corrected chi connectivity index (χ0v) is 35.2. The minimum Gasteiger partial charge on any atom is -0.454 e. The Morgan fingerprint density at radius 1 is 0.477 bits per heavy atom. The van der Waals surface area contributed by atoms with Gasteiger partial charge >= 0.3 is 0 Å². The van der Waals surface area contributed by atoms with Crippen molar-refractivity contribution in [1.29, 1.82) is 0 Å². The summed E-state index contributed by atoms with van der Waals surface area (Å²) in [4.78, 5) is 10.8. The molecule has 9 aromatic carbocycles. The molecule has 0 aliphatic rings. The molecule has 0 aliphatic heterocycles. The van der Waals surface area contributed by atoms with E-state index in [-0.39, 0.29) is 0 Å². The van der Waals surface area contributed by atoms with Gasteiger partial charge in [0.25, 0.3) is 0 Å². The highest BCUT2D eigenvalue weighted by molar-refractivity contribution is 6.14. The van der Waals surface area contributed by atoms with Crippen LogP contribution in [0, 0.1) is 0 Å². The predicted molar refractivity (Wildman–Crippen MR) is 270 cm³/mol. The number of nitrogens with zero attached hydrogens (tertiary/aromatic N) is 4. The highest BCUT2D eigenvalue weighted by Gasteiger charge is 2.21. The van der Waals surface area contributed by atoms with Crippen LogP contribution in [0.2, 0.25) is 0 Å². The van der Waals surface area contributed by atoms with E-state index in [2.05, 4.69) is 192 Å². The van der Waals surface area contributed by atoms with Crippen LogP contribution >= 0.6 is 0 Å². The molecule has 0 amide bonds. The number of rotatable bonds is 6. The van der Waals surface area contributed by atoms with E-state index in [4.69, 9.17) is 14.4 Å². The van der Waals surface area contributed by atoms with Crippen molar-refractivity contribution < 1.29 is 4.42 Å². The summed E-state index contributed by atoms with van der Waals surface area (Å²) in [6.07, 6.45) is 1.88. The van der Waals surface area contributed by atoms with E-state index in [1.165, 1.54) is 10.8 Å². The Labute approximate surface area is 373 Å². The van der Waals surface area contributed by atoms with E-state index in [0.717, 1.165) is 115 Å². The summed E-state index contributed by atoms with van der Waals surface area (Å²) < 4.78 is 11.1. The third-order valence-corrected chi connectivity index (χ3v) is 13.1. The summed E-state index contributed by atoms with van der Waals surface area (Å²) in [5, 5.41) is 11.0. The third kappa shape index (κ3) is 5.66. The average molecular weight is 831 g/mol. The van der Waals surface area contributed by atoms with Crippen LogP contribution in [0.15, 0.2) is 217 Å². The van der Waals surface area contributed by atoms with E-state index >= 15 is 0 Å². The standard InChI is InChI=1S/C60H38N4O/c1-3-41(42-19-6-4-16-37(42)2)51-36-52(44-24-14-18-38-17-5-7-20-43(38)44)62-60(61-51)64-54-27-12-9-22-46(54)50-35-40(31-33-56(50)64)39-30-32-55-49(34-39)45-21-8-11-26-53(45)63(55)57-28-15-25-48-47-23-10-13-29-58(47)65-59(48)57/h3-36H,1-2H2/b42-41+. The van der Waals surface area contributed by atoms with Gasteiger partial charge in [0.05, 0.1) is 39.1 Å². The first-order chi connectivity index (χ1) is 32.1. The lowest BCUT2D eigenvalue weighted by Crippen LogP contribution is -2.25. The monoisotopic (exact) mass is 830 g/mol. The van der Waals surface area contributed by atoms with E-state index in [0.29, 0.717) is 5.95 Å². The van der Waals surface area contributed by atoms with Crippen molar-refractivity contribution in [2.24, 2.45) is 0 Å². The average Bonchev–Trinajstić information content (AvgIpc) is 4.02. The zero-order valence-electron chi connectivity index (χ0n) is 35.2. The largest absolute Gasteiger partial charge is 0.454 e. The summed E-state index contributed by atoms with van der Waals surface area (Å²) in [6, 6.07) is 70.6. The van der Waals surface area contributed by atoms with Crippen molar-refractivity contribution >= 4 is 88.5 Å². The van der Waals surface area contributed by atoms with Crippen LogP contribution in [0.1, 0.15) is 5.69 Å². The lowest BCUT2D eigenvalue weighted by molar-refractivity contribution is 0.666. The maximum Gasteiger partial charge on any atom is 0.235 e. The maximum atomic E-state index is 6.56. The van der Waals surface area contributed by atoms with Crippen molar-refractivity contribution in [3.63, 3.8) is 0 Å². The fraction of sp³-hybridized carbons (Fsp3) is 0. The number of furan rings is 1. The number of allylic oxidation sites excluding steroid dienone is 1. The molecule has 0 aliphatic carbocycles. The molecular weight excluding hydrogens is 793 g/mol. The molecule has 4 heterocycles. The van der Waals surface area contributed by atoms with Gasteiger partial charge in [-0.3, -0.25) is 4.57 Å². The molecule has 0 atom stereocenters. The minimum atomic E-state index is 0.582. The molecular formula is C60H38N4O. The zero-order chi connectivity index (χ0) is 43.2. The van der Waals surface area contributed by atoms with Gasteiger partial charge in [-0.15, -0.1) is 0 Å². The van der Waals surface area contributed by atoms with Gasteiger partial charge in [0.2, 0.25) is 5.95 Å². The van der Waals surface area contributed by atoms with Crippen molar-refractivity contribution in [3.8, 4) is 34.0 Å². The van der Waals surface area contributed by atoms with Gasteiger partial charge in [0.1, 0.15) is 5.58 Å². The van der Waals surface area contributed by atoms with Crippen LogP contribution in [-0.4, -0.2) is 19.1 Å². The van der Waals surface area contributed by atoms with Crippen LogP contribution in [0.3, 0.4) is 0 Å². The molecule has 0 bridgehead atoms. The quantitative estimate of drug-likeness (QED) is 0.168. The fourth-order valence-electron chi connectivity index (χ4n) is 10.1. The Balaban J connectivity index is 1.01. The number of fused-ring (bicyclic) bond motifs is 10. The Morgan fingerprint density at radius 2 is 1.06 bits per heavy atom. The van der Waals surface area contributed by atoms with Gasteiger partial charge < -0.3 is 8.98 Å².